The van der Waals surface area contributed by atoms with Gasteiger partial charge in [-0.2, -0.15) is 0 Å². The molecule has 1 aliphatic heterocycles. The van der Waals surface area contributed by atoms with E-state index < -0.39 is 9.84 Å². The Hall–Kier alpha value is -0.780. The Bertz CT molecular complexity index is 400. The van der Waals surface area contributed by atoms with Crippen LogP contribution in [0, 0.1) is 0 Å². The number of hydrogen-bond donors (Lipinski definition) is 2. The van der Waals surface area contributed by atoms with Gasteiger partial charge in [-0.1, -0.05) is 19.3 Å². The molecule has 1 atom stereocenters. The van der Waals surface area contributed by atoms with E-state index >= 15 is 0 Å². The molecule has 2 fully saturated rings. The molecular formula is C12H23N3O2S. The van der Waals surface area contributed by atoms with Crippen LogP contribution >= 0.6 is 0 Å². The molecule has 1 heterocycles. The van der Waals surface area contributed by atoms with Crippen molar-refractivity contribution >= 4 is 15.8 Å². The molecule has 1 saturated carbocycles. The van der Waals surface area contributed by atoms with Gasteiger partial charge >= 0.3 is 0 Å². The smallest absolute Gasteiger partial charge is 0.188 e. The number of rotatable bonds is 3. The third kappa shape index (κ3) is 3.60. The SMILES string of the molecule is NC(=NCC1CCCCS1(=O)=O)NC1CCCC1. The molecular weight excluding hydrogens is 250 g/mol. The first kappa shape index (κ1) is 13.6. The normalized spacial score (nSPS) is 29.3. The van der Waals surface area contributed by atoms with Crippen LogP contribution in [-0.2, 0) is 9.84 Å². The molecule has 5 nitrogen and oxygen atoms in total. The first-order valence-electron chi connectivity index (χ1n) is 6.86. The summed E-state index contributed by atoms with van der Waals surface area (Å²) in [4.78, 5) is 4.21. The lowest BCUT2D eigenvalue weighted by Crippen LogP contribution is -2.40. The van der Waals surface area contributed by atoms with Gasteiger partial charge in [0, 0.05) is 6.04 Å². The number of hydrogen-bond acceptors (Lipinski definition) is 3. The Balaban J connectivity index is 1.84. The van der Waals surface area contributed by atoms with Gasteiger partial charge in [-0.3, -0.25) is 4.99 Å². The highest BCUT2D eigenvalue weighted by atomic mass is 32.2. The van der Waals surface area contributed by atoms with E-state index in [1.807, 2.05) is 0 Å². The highest BCUT2D eigenvalue weighted by Gasteiger charge is 2.28. The molecule has 6 heteroatoms. The van der Waals surface area contributed by atoms with Crippen LogP contribution in [0.4, 0.5) is 0 Å². The van der Waals surface area contributed by atoms with E-state index in [0.29, 0.717) is 24.3 Å². The number of aliphatic imine (C=N–C) groups is 1. The van der Waals surface area contributed by atoms with Gasteiger partial charge in [0.2, 0.25) is 0 Å². The number of guanidine groups is 1. The summed E-state index contributed by atoms with van der Waals surface area (Å²) in [5.74, 6) is 0.714. The molecule has 104 valence electrons. The Morgan fingerprint density at radius 1 is 1.17 bits per heavy atom. The van der Waals surface area contributed by atoms with Crippen LogP contribution in [0.1, 0.15) is 44.9 Å². The molecule has 1 saturated heterocycles. The maximum Gasteiger partial charge on any atom is 0.188 e. The number of nitrogens with zero attached hydrogens (tertiary/aromatic N) is 1. The first-order chi connectivity index (χ1) is 8.58. The molecule has 1 unspecified atom stereocenters. The molecule has 0 aromatic rings. The van der Waals surface area contributed by atoms with Gasteiger partial charge < -0.3 is 11.1 Å². The first-order valence-corrected chi connectivity index (χ1v) is 8.57. The van der Waals surface area contributed by atoms with Crippen molar-refractivity contribution in [1.29, 1.82) is 0 Å². The molecule has 0 amide bonds. The van der Waals surface area contributed by atoms with Crippen molar-refractivity contribution in [2.24, 2.45) is 10.7 Å². The summed E-state index contributed by atoms with van der Waals surface area (Å²) < 4.78 is 23.6. The van der Waals surface area contributed by atoms with Crippen molar-refractivity contribution in [1.82, 2.24) is 5.32 Å². The number of nitrogens with two attached hydrogens (primary N) is 1. The van der Waals surface area contributed by atoms with Crippen LogP contribution in [0.5, 0.6) is 0 Å². The Labute approximate surface area is 109 Å². The molecule has 0 spiro atoms. The van der Waals surface area contributed by atoms with Crippen LogP contribution in [0.2, 0.25) is 0 Å². The Morgan fingerprint density at radius 3 is 2.50 bits per heavy atom. The van der Waals surface area contributed by atoms with Crippen molar-refractivity contribution in [2.45, 2.75) is 56.2 Å². The Morgan fingerprint density at radius 2 is 1.83 bits per heavy atom. The summed E-state index contributed by atoms with van der Waals surface area (Å²) in [5.41, 5.74) is 5.80. The zero-order valence-corrected chi connectivity index (χ0v) is 11.6. The van der Waals surface area contributed by atoms with Crippen molar-refractivity contribution in [3.63, 3.8) is 0 Å². The second-order valence-corrected chi connectivity index (χ2v) is 7.74. The predicted molar refractivity (Wildman–Crippen MR) is 73.3 cm³/mol. The quantitative estimate of drug-likeness (QED) is 0.588. The Kier molecular flexibility index (Phi) is 4.48. The van der Waals surface area contributed by atoms with Gasteiger partial charge in [0.05, 0.1) is 17.5 Å². The van der Waals surface area contributed by atoms with Crippen molar-refractivity contribution in [3.8, 4) is 0 Å². The molecule has 1 aliphatic carbocycles. The van der Waals surface area contributed by atoms with Crippen LogP contribution < -0.4 is 11.1 Å². The minimum atomic E-state index is -2.94. The van der Waals surface area contributed by atoms with Gasteiger partial charge in [-0.15, -0.1) is 0 Å². The van der Waals surface area contributed by atoms with Crippen LogP contribution in [0.3, 0.4) is 0 Å². The molecule has 18 heavy (non-hydrogen) atoms. The predicted octanol–water partition coefficient (Wildman–Crippen LogP) is 0.801. The lowest BCUT2D eigenvalue weighted by molar-refractivity contribution is 0.541. The van der Waals surface area contributed by atoms with Gasteiger partial charge in [-0.25, -0.2) is 8.42 Å². The van der Waals surface area contributed by atoms with Crippen LogP contribution in [-0.4, -0.2) is 38.0 Å². The van der Waals surface area contributed by atoms with E-state index in [0.717, 1.165) is 32.1 Å². The van der Waals surface area contributed by atoms with Crippen molar-refractivity contribution in [2.75, 3.05) is 12.3 Å². The van der Waals surface area contributed by atoms with Crippen molar-refractivity contribution in [3.05, 3.63) is 0 Å². The maximum absolute atomic E-state index is 11.8. The topological polar surface area (TPSA) is 84.5 Å². The fourth-order valence-electron chi connectivity index (χ4n) is 2.75. The van der Waals surface area contributed by atoms with E-state index in [4.69, 9.17) is 5.73 Å². The summed E-state index contributed by atoms with van der Waals surface area (Å²) in [6.07, 6.45) is 7.25. The van der Waals surface area contributed by atoms with Crippen molar-refractivity contribution < 1.29 is 8.42 Å². The van der Waals surface area contributed by atoms with E-state index in [-0.39, 0.29) is 5.25 Å². The molecule has 0 radical (unpaired) electrons. The fourth-order valence-corrected chi connectivity index (χ4v) is 4.52. The summed E-state index contributed by atoms with van der Waals surface area (Å²) in [5, 5.41) is 2.85. The monoisotopic (exact) mass is 273 g/mol. The van der Waals surface area contributed by atoms with Gasteiger partial charge in [0.15, 0.2) is 15.8 Å². The summed E-state index contributed by atoms with van der Waals surface area (Å²) in [6, 6.07) is 0.428. The van der Waals surface area contributed by atoms with Crippen LogP contribution in [0.25, 0.3) is 0 Å². The largest absolute Gasteiger partial charge is 0.370 e. The third-order valence-corrected chi connectivity index (χ3v) is 6.14. The van der Waals surface area contributed by atoms with Crippen LogP contribution in [0.15, 0.2) is 4.99 Å². The van der Waals surface area contributed by atoms with E-state index in [1.54, 1.807) is 0 Å². The maximum atomic E-state index is 11.8. The highest BCUT2D eigenvalue weighted by molar-refractivity contribution is 7.92. The summed E-state index contributed by atoms with van der Waals surface area (Å²) >= 11 is 0. The van der Waals surface area contributed by atoms with E-state index in [2.05, 4.69) is 10.3 Å². The van der Waals surface area contributed by atoms with E-state index in [1.165, 1.54) is 12.8 Å². The van der Waals surface area contributed by atoms with Gasteiger partial charge in [0.25, 0.3) is 0 Å². The zero-order chi connectivity index (χ0) is 13.0. The average Bonchev–Trinajstić information content (AvgIpc) is 2.80. The molecule has 0 aromatic heterocycles. The molecule has 0 aromatic carbocycles. The fraction of sp³-hybridized carbons (Fsp3) is 0.917. The third-order valence-electron chi connectivity index (χ3n) is 3.89. The molecule has 2 rings (SSSR count). The minimum absolute atomic E-state index is 0.309. The molecule has 0 bridgehead atoms. The summed E-state index contributed by atoms with van der Waals surface area (Å²) in [6.45, 7) is 0.313. The number of nitrogens with one attached hydrogen (secondary N) is 1. The average molecular weight is 273 g/mol. The zero-order valence-electron chi connectivity index (χ0n) is 10.8. The van der Waals surface area contributed by atoms with E-state index in [9.17, 15) is 8.42 Å². The summed E-state index contributed by atoms with van der Waals surface area (Å²) in [7, 11) is -2.94. The lowest BCUT2D eigenvalue weighted by atomic mass is 10.2. The second kappa shape index (κ2) is 5.91. The molecule has 2 aliphatic rings. The second-order valence-electron chi connectivity index (χ2n) is 5.34. The highest BCUT2D eigenvalue weighted by Crippen LogP contribution is 2.20. The van der Waals surface area contributed by atoms with Gasteiger partial charge in [0.1, 0.15) is 0 Å². The van der Waals surface area contributed by atoms with Gasteiger partial charge in [-0.05, 0) is 25.7 Å². The standard InChI is InChI=1S/C12H23N3O2S/c13-12(15-10-5-1-2-6-10)14-9-11-7-3-4-8-18(11,16)17/h10-11H,1-9H2,(H3,13,14,15). The lowest BCUT2D eigenvalue weighted by Gasteiger charge is -2.21. The molecule has 3 N–H and O–H groups in total. The minimum Gasteiger partial charge on any atom is -0.370 e. The number of sulfone groups is 1.